The van der Waals surface area contributed by atoms with Crippen molar-refractivity contribution < 1.29 is 14.6 Å². The molecule has 0 saturated carbocycles. The third-order valence-electron chi connectivity index (χ3n) is 5.49. The number of ether oxygens (including phenoxy) is 2. The first-order valence-electron chi connectivity index (χ1n) is 11.3. The summed E-state index contributed by atoms with van der Waals surface area (Å²) in [6, 6.07) is 15.6. The highest BCUT2D eigenvalue weighted by molar-refractivity contribution is 5.43. The molecule has 162 valence electrons. The summed E-state index contributed by atoms with van der Waals surface area (Å²) in [6.45, 7) is 4.41. The number of azo groups is 1. The van der Waals surface area contributed by atoms with E-state index in [2.05, 4.69) is 36.2 Å². The Hall–Kier alpha value is -2.24. The van der Waals surface area contributed by atoms with Crippen LogP contribution in [0.15, 0.2) is 58.8 Å². The minimum absolute atomic E-state index is 0.0218. The van der Waals surface area contributed by atoms with E-state index in [1.807, 2.05) is 36.4 Å². The fourth-order valence-corrected chi connectivity index (χ4v) is 3.71. The zero-order valence-corrected chi connectivity index (χ0v) is 18.2. The van der Waals surface area contributed by atoms with Gasteiger partial charge in [0.15, 0.2) is 0 Å². The van der Waals surface area contributed by atoms with E-state index >= 15 is 0 Å². The number of fused-ring (bicyclic) bond motifs is 2. The van der Waals surface area contributed by atoms with Gasteiger partial charge in [-0.1, -0.05) is 63.8 Å². The summed E-state index contributed by atoms with van der Waals surface area (Å²) >= 11 is 0. The molecule has 1 aliphatic rings. The van der Waals surface area contributed by atoms with Gasteiger partial charge in [-0.15, -0.1) is 5.11 Å². The predicted molar refractivity (Wildman–Crippen MR) is 119 cm³/mol. The SMILES string of the molecule is CCCCCC(Oc1ccc(CO)cc1)OC1(CCCCC)N=Nc2cccc1c2. The molecule has 30 heavy (non-hydrogen) atoms. The second kappa shape index (κ2) is 11.2. The molecule has 2 aromatic rings. The lowest BCUT2D eigenvalue weighted by molar-refractivity contribution is -0.184. The summed E-state index contributed by atoms with van der Waals surface area (Å²) in [7, 11) is 0. The van der Waals surface area contributed by atoms with Crippen molar-refractivity contribution in [1.82, 2.24) is 0 Å². The number of rotatable bonds is 13. The first-order chi connectivity index (χ1) is 14.7. The Labute approximate surface area is 180 Å². The zero-order valence-electron chi connectivity index (χ0n) is 18.2. The molecule has 0 saturated heterocycles. The van der Waals surface area contributed by atoms with Crippen molar-refractivity contribution in [2.45, 2.75) is 83.8 Å². The molecular weight excluding hydrogens is 376 g/mol. The fraction of sp³-hybridized carbons (Fsp3) is 0.520. The largest absolute Gasteiger partial charge is 0.465 e. The molecule has 0 fully saturated rings. The van der Waals surface area contributed by atoms with E-state index in [4.69, 9.17) is 9.47 Å². The van der Waals surface area contributed by atoms with Gasteiger partial charge < -0.3 is 14.6 Å². The highest BCUT2D eigenvalue weighted by Gasteiger charge is 2.38. The molecule has 0 aliphatic carbocycles. The van der Waals surface area contributed by atoms with Crippen LogP contribution in [0.2, 0.25) is 0 Å². The van der Waals surface area contributed by atoms with E-state index in [1.54, 1.807) is 0 Å². The van der Waals surface area contributed by atoms with Gasteiger partial charge in [0.1, 0.15) is 5.75 Å². The van der Waals surface area contributed by atoms with Crippen LogP contribution in [0.1, 0.15) is 76.3 Å². The lowest BCUT2D eigenvalue weighted by Crippen LogP contribution is -2.36. The topological polar surface area (TPSA) is 63.4 Å². The van der Waals surface area contributed by atoms with Gasteiger partial charge in [-0.05, 0) is 42.7 Å². The standard InChI is InChI=1S/C25H34N2O3/c1-3-5-7-12-24(29-23-15-13-20(19-28)14-16-23)30-25(17-8-6-4-2)21-10-9-11-22(18-21)26-27-25/h9-11,13-16,18,24,28H,3-8,12,17,19H2,1-2H3. The Morgan fingerprint density at radius 2 is 1.73 bits per heavy atom. The molecule has 0 spiro atoms. The van der Waals surface area contributed by atoms with Crippen LogP contribution in [0.3, 0.4) is 0 Å². The van der Waals surface area contributed by atoms with Crippen molar-refractivity contribution >= 4 is 5.69 Å². The third-order valence-corrected chi connectivity index (χ3v) is 5.49. The Bertz CT molecular complexity index is 806. The first-order valence-corrected chi connectivity index (χ1v) is 11.3. The maximum absolute atomic E-state index is 9.28. The van der Waals surface area contributed by atoms with Gasteiger partial charge >= 0.3 is 0 Å². The Balaban J connectivity index is 1.81. The molecule has 0 radical (unpaired) electrons. The molecule has 1 heterocycles. The maximum atomic E-state index is 9.28. The van der Waals surface area contributed by atoms with Gasteiger partial charge in [0.2, 0.25) is 12.0 Å². The lowest BCUT2D eigenvalue weighted by Gasteiger charge is -2.35. The zero-order chi connectivity index (χ0) is 21.2. The number of aliphatic hydroxyl groups excluding tert-OH is 1. The van der Waals surface area contributed by atoms with Crippen LogP contribution in [0.25, 0.3) is 0 Å². The lowest BCUT2D eigenvalue weighted by atomic mass is 9.95. The van der Waals surface area contributed by atoms with E-state index < -0.39 is 12.0 Å². The number of hydrogen-bond acceptors (Lipinski definition) is 5. The van der Waals surface area contributed by atoms with Crippen molar-refractivity contribution in [3.8, 4) is 5.75 Å². The van der Waals surface area contributed by atoms with Gasteiger partial charge in [-0.2, -0.15) is 5.11 Å². The normalized spacial score (nSPS) is 18.4. The van der Waals surface area contributed by atoms with E-state index in [0.29, 0.717) is 0 Å². The van der Waals surface area contributed by atoms with Gasteiger partial charge in [-0.3, -0.25) is 0 Å². The smallest absolute Gasteiger partial charge is 0.209 e. The summed E-state index contributed by atoms with van der Waals surface area (Å²) in [5.74, 6) is 0.735. The highest BCUT2D eigenvalue weighted by atomic mass is 16.7. The van der Waals surface area contributed by atoms with Gasteiger partial charge in [-0.25, -0.2) is 0 Å². The first kappa shape index (κ1) is 22.4. The molecule has 1 aliphatic heterocycles. The number of aliphatic hydroxyl groups is 1. The van der Waals surface area contributed by atoms with Crippen LogP contribution in [0.4, 0.5) is 5.69 Å². The maximum Gasteiger partial charge on any atom is 0.209 e. The van der Waals surface area contributed by atoms with E-state index in [-0.39, 0.29) is 6.61 Å². The molecule has 3 rings (SSSR count). The van der Waals surface area contributed by atoms with E-state index in [1.165, 1.54) is 0 Å². The molecule has 2 aromatic carbocycles. The summed E-state index contributed by atoms with van der Waals surface area (Å²) in [6.07, 6.45) is 7.74. The number of benzene rings is 2. The van der Waals surface area contributed by atoms with Crippen molar-refractivity contribution in [3.63, 3.8) is 0 Å². The minimum Gasteiger partial charge on any atom is -0.465 e. The van der Waals surface area contributed by atoms with Crippen LogP contribution in [0.5, 0.6) is 5.75 Å². The Kier molecular flexibility index (Phi) is 8.40. The Morgan fingerprint density at radius 1 is 0.967 bits per heavy atom. The van der Waals surface area contributed by atoms with Crippen LogP contribution < -0.4 is 4.74 Å². The second-order valence-corrected chi connectivity index (χ2v) is 7.95. The average Bonchev–Trinajstić information content (AvgIpc) is 2.77. The monoisotopic (exact) mass is 410 g/mol. The number of nitrogens with zero attached hydrogens (tertiary/aromatic N) is 2. The van der Waals surface area contributed by atoms with Crippen LogP contribution in [0, 0.1) is 0 Å². The third kappa shape index (κ3) is 5.89. The summed E-state index contributed by atoms with van der Waals surface area (Å²) in [5, 5.41) is 18.4. The summed E-state index contributed by atoms with van der Waals surface area (Å²) in [5.41, 5.74) is 1.97. The van der Waals surface area contributed by atoms with Crippen LogP contribution in [-0.4, -0.2) is 11.4 Å². The van der Waals surface area contributed by atoms with Crippen molar-refractivity contribution in [3.05, 3.63) is 59.7 Å². The van der Waals surface area contributed by atoms with Crippen LogP contribution >= 0.6 is 0 Å². The predicted octanol–water partition coefficient (Wildman–Crippen LogP) is 7.01. The molecule has 0 amide bonds. The van der Waals surface area contributed by atoms with Crippen molar-refractivity contribution in [2.24, 2.45) is 10.2 Å². The fourth-order valence-electron chi connectivity index (χ4n) is 3.71. The quantitative estimate of drug-likeness (QED) is 0.285. The van der Waals surface area contributed by atoms with E-state index in [9.17, 15) is 5.11 Å². The minimum atomic E-state index is -0.800. The van der Waals surface area contributed by atoms with Gasteiger partial charge in [0, 0.05) is 18.4 Å². The molecule has 5 nitrogen and oxygen atoms in total. The molecule has 2 unspecified atom stereocenters. The van der Waals surface area contributed by atoms with E-state index in [0.717, 1.165) is 73.9 Å². The second-order valence-electron chi connectivity index (χ2n) is 7.95. The van der Waals surface area contributed by atoms with Crippen LogP contribution in [-0.2, 0) is 17.1 Å². The number of hydrogen-bond donors (Lipinski definition) is 1. The van der Waals surface area contributed by atoms with Crippen molar-refractivity contribution in [1.29, 1.82) is 0 Å². The van der Waals surface area contributed by atoms with Gasteiger partial charge in [0.25, 0.3) is 0 Å². The summed E-state index contributed by atoms with van der Waals surface area (Å²) in [4.78, 5) is 0. The molecule has 0 aromatic heterocycles. The molecule has 1 N–H and O–H groups in total. The molecule has 2 atom stereocenters. The van der Waals surface area contributed by atoms with Gasteiger partial charge in [0.05, 0.1) is 12.3 Å². The Morgan fingerprint density at radius 3 is 2.47 bits per heavy atom. The van der Waals surface area contributed by atoms with Crippen molar-refractivity contribution in [2.75, 3.05) is 0 Å². The molecular formula is C25H34N2O3. The number of unbranched alkanes of at least 4 members (excludes halogenated alkanes) is 4. The molecule has 5 heteroatoms. The molecule has 2 bridgehead atoms. The average molecular weight is 411 g/mol. The summed E-state index contributed by atoms with van der Waals surface area (Å²) < 4.78 is 12.9. The highest BCUT2D eigenvalue weighted by Crippen LogP contribution is 2.41.